The monoisotopic (exact) mass is 321 g/mol. The second kappa shape index (κ2) is 8.10. The molecule has 0 radical (unpaired) electrons. The zero-order chi connectivity index (χ0) is 16.0. The Morgan fingerprint density at radius 2 is 1.95 bits per heavy atom. The van der Waals surface area contributed by atoms with Gasteiger partial charge in [-0.15, -0.1) is 0 Å². The quantitative estimate of drug-likeness (QED) is 0.629. The van der Waals surface area contributed by atoms with E-state index in [1.165, 1.54) is 11.4 Å². The Balaban J connectivity index is 2.95. The molecule has 7 heteroatoms. The second-order valence-electron chi connectivity index (χ2n) is 5.89. The number of carbonyl (C=O) groups excluding carboxylic acids is 1. The molecule has 0 N–H and O–H groups in total. The molecule has 2 atom stereocenters. The predicted octanol–water partition coefficient (Wildman–Crippen LogP) is 1.26. The van der Waals surface area contributed by atoms with Crippen LogP contribution in [0.5, 0.6) is 0 Å². The average Bonchev–Trinajstić information content (AvgIpc) is 2.92. The largest absolute Gasteiger partial charge is 0.469 e. The predicted molar refractivity (Wildman–Crippen MR) is 80.4 cm³/mol. The van der Waals surface area contributed by atoms with Crippen LogP contribution in [-0.4, -0.2) is 57.9 Å². The highest BCUT2D eigenvalue weighted by molar-refractivity contribution is 7.89. The molecule has 0 aliphatic heterocycles. The van der Waals surface area contributed by atoms with Crippen LogP contribution in [0.25, 0.3) is 0 Å². The summed E-state index contributed by atoms with van der Waals surface area (Å²) in [6.07, 6.45) is 1.84. The Hall–Kier alpha value is -0.660. The van der Waals surface area contributed by atoms with Crippen LogP contribution >= 0.6 is 0 Å². The zero-order valence-corrected chi connectivity index (χ0v) is 14.2. The fourth-order valence-electron chi connectivity index (χ4n) is 2.82. The molecule has 0 aromatic heterocycles. The first-order valence-corrected chi connectivity index (χ1v) is 8.90. The molecule has 0 spiro atoms. The highest BCUT2D eigenvalue weighted by atomic mass is 32.2. The standard InChI is InChI=1S/C14H27NO5S/c1-11(2)10-15(8-9-19-3)21(17,18)13-7-5-6-12(13)14(16)20-4/h11-13H,5-10H2,1-4H3. The van der Waals surface area contributed by atoms with E-state index in [4.69, 9.17) is 9.47 Å². The van der Waals surface area contributed by atoms with Crippen molar-refractivity contribution in [1.29, 1.82) is 0 Å². The van der Waals surface area contributed by atoms with Gasteiger partial charge in [0.05, 0.1) is 24.9 Å². The van der Waals surface area contributed by atoms with Gasteiger partial charge < -0.3 is 9.47 Å². The Morgan fingerprint density at radius 3 is 2.48 bits per heavy atom. The lowest BCUT2D eigenvalue weighted by atomic mass is 10.1. The highest BCUT2D eigenvalue weighted by Gasteiger charge is 2.44. The van der Waals surface area contributed by atoms with Gasteiger partial charge in [0.2, 0.25) is 10.0 Å². The van der Waals surface area contributed by atoms with E-state index in [0.29, 0.717) is 32.5 Å². The summed E-state index contributed by atoms with van der Waals surface area (Å²) in [5, 5.41) is -0.666. The van der Waals surface area contributed by atoms with Crippen LogP contribution in [0, 0.1) is 11.8 Å². The minimum Gasteiger partial charge on any atom is -0.469 e. The van der Waals surface area contributed by atoms with Crippen LogP contribution in [0.1, 0.15) is 33.1 Å². The van der Waals surface area contributed by atoms with Gasteiger partial charge in [0.25, 0.3) is 0 Å². The molecular weight excluding hydrogens is 294 g/mol. The van der Waals surface area contributed by atoms with Crippen LogP contribution in [0.15, 0.2) is 0 Å². The van der Waals surface area contributed by atoms with E-state index in [1.54, 1.807) is 7.11 Å². The van der Waals surface area contributed by atoms with E-state index in [0.717, 1.165) is 6.42 Å². The third kappa shape index (κ3) is 4.66. The SMILES string of the molecule is COCCN(CC(C)C)S(=O)(=O)C1CCCC1C(=O)OC. The smallest absolute Gasteiger partial charge is 0.310 e. The van der Waals surface area contributed by atoms with E-state index in [9.17, 15) is 13.2 Å². The Bertz CT molecular complexity index is 435. The summed E-state index contributed by atoms with van der Waals surface area (Å²) in [6.45, 7) is 5.06. The number of ether oxygens (including phenoxy) is 2. The van der Waals surface area contributed by atoms with Crippen molar-refractivity contribution >= 4 is 16.0 Å². The molecule has 1 aliphatic carbocycles. The number of rotatable bonds is 8. The summed E-state index contributed by atoms with van der Waals surface area (Å²) in [6, 6.07) is 0. The molecule has 6 nitrogen and oxygen atoms in total. The van der Waals surface area contributed by atoms with E-state index in [2.05, 4.69) is 0 Å². The molecule has 2 unspecified atom stereocenters. The van der Waals surface area contributed by atoms with Gasteiger partial charge in [0, 0.05) is 20.2 Å². The molecule has 0 amide bonds. The van der Waals surface area contributed by atoms with Crippen LogP contribution in [-0.2, 0) is 24.3 Å². The topological polar surface area (TPSA) is 72.9 Å². The summed E-state index contributed by atoms with van der Waals surface area (Å²) >= 11 is 0. The van der Waals surface area contributed by atoms with Gasteiger partial charge in [0.15, 0.2) is 0 Å². The van der Waals surface area contributed by atoms with Crippen molar-refractivity contribution in [3.63, 3.8) is 0 Å². The normalized spacial score (nSPS) is 23.0. The molecule has 0 heterocycles. The van der Waals surface area contributed by atoms with Gasteiger partial charge in [-0.25, -0.2) is 8.42 Å². The Labute approximate surface area is 127 Å². The first-order valence-electron chi connectivity index (χ1n) is 7.40. The van der Waals surface area contributed by atoms with Crippen molar-refractivity contribution in [2.75, 3.05) is 33.9 Å². The second-order valence-corrected chi connectivity index (χ2v) is 8.04. The molecule has 0 bridgehead atoms. The van der Waals surface area contributed by atoms with E-state index in [-0.39, 0.29) is 5.92 Å². The number of nitrogens with zero attached hydrogens (tertiary/aromatic N) is 1. The van der Waals surface area contributed by atoms with Crippen molar-refractivity contribution in [2.45, 2.75) is 38.4 Å². The molecule has 1 saturated carbocycles. The van der Waals surface area contributed by atoms with E-state index in [1.807, 2.05) is 13.8 Å². The summed E-state index contributed by atoms with van der Waals surface area (Å²) in [5.41, 5.74) is 0. The Kier molecular flexibility index (Phi) is 7.09. The van der Waals surface area contributed by atoms with Crippen LogP contribution in [0.3, 0.4) is 0 Å². The number of methoxy groups -OCH3 is 2. The molecule has 1 fully saturated rings. The average molecular weight is 321 g/mol. The minimum atomic E-state index is -3.52. The van der Waals surface area contributed by atoms with Gasteiger partial charge in [-0.2, -0.15) is 4.31 Å². The first-order chi connectivity index (χ1) is 9.84. The van der Waals surface area contributed by atoms with Gasteiger partial charge in [-0.1, -0.05) is 20.3 Å². The summed E-state index contributed by atoms with van der Waals surface area (Å²) in [7, 11) is -0.665. The fourth-order valence-corrected chi connectivity index (χ4v) is 5.16. The molecular formula is C14H27NO5S. The lowest BCUT2D eigenvalue weighted by Crippen LogP contribution is -2.45. The highest BCUT2D eigenvalue weighted by Crippen LogP contribution is 2.34. The van der Waals surface area contributed by atoms with Crippen molar-refractivity contribution in [3.05, 3.63) is 0 Å². The third-order valence-corrected chi connectivity index (χ3v) is 6.19. The van der Waals surface area contributed by atoms with Crippen LogP contribution in [0.4, 0.5) is 0 Å². The van der Waals surface area contributed by atoms with Gasteiger partial charge in [0.1, 0.15) is 0 Å². The van der Waals surface area contributed by atoms with Gasteiger partial charge in [-0.05, 0) is 18.8 Å². The first kappa shape index (κ1) is 18.4. The maximum Gasteiger partial charge on any atom is 0.310 e. The number of carbonyl (C=O) groups is 1. The minimum absolute atomic E-state index is 0.217. The van der Waals surface area contributed by atoms with Gasteiger partial charge >= 0.3 is 5.97 Å². The summed E-state index contributed by atoms with van der Waals surface area (Å²) in [5.74, 6) is -0.746. The number of sulfonamides is 1. The number of hydrogen-bond donors (Lipinski definition) is 0. The van der Waals surface area contributed by atoms with Crippen molar-refractivity contribution < 1.29 is 22.7 Å². The third-order valence-electron chi connectivity index (χ3n) is 3.81. The zero-order valence-electron chi connectivity index (χ0n) is 13.4. The van der Waals surface area contributed by atoms with Crippen molar-refractivity contribution in [2.24, 2.45) is 11.8 Å². The molecule has 1 aliphatic rings. The maximum absolute atomic E-state index is 12.9. The molecule has 0 aromatic carbocycles. The van der Waals surface area contributed by atoms with E-state index >= 15 is 0 Å². The Morgan fingerprint density at radius 1 is 1.29 bits per heavy atom. The summed E-state index contributed by atoms with van der Waals surface area (Å²) in [4.78, 5) is 11.8. The molecule has 21 heavy (non-hydrogen) atoms. The van der Waals surface area contributed by atoms with Gasteiger partial charge in [-0.3, -0.25) is 4.79 Å². The van der Waals surface area contributed by atoms with Crippen molar-refractivity contribution in [3.8, 4) is 0 Å². The molecule has 124 valence electrons. The van der Waals surface area contributed by atoms with Crippen LogP contribution in [0.2, 0.25) is 0 Å². The molecule has 0 aromatic rings. The number of esters is 1. The lowest BCUT2D eigenvalue weighted by molar-refractivity contribution is -0.145. The van der Waals surface area contributed by atoms with Crippen LogP contribution < -0.4 is 0 Å². The fraction of sp³-hybridized carbons (Fsp3) is 0.929. The maximum atomic E-state index is 12.9. The number of hydrogen-bond acceptors (Lipinski definition) is 5. The molecule has 1 rings (SSSR count). The lowest BCUT2D eigenvalue weighted by Gasteiger charge is -2.28. The van der Waals surface area contributed by atoms with E-state index < -0.39 is 27.2 Å². The summed E-state index contributed by atoms with van der Waals surface area (Å²) < 4.78 is 37.0. The molecule has 0 saturated heterocycles. The van der Waals surface area contributed by atoms with Crippen molar-refractivity contribution in [1.82, 2.24) is 4.31 Å².